The minimum absolute atomic E-state index is 0.564. The molecule has 0 radical (unpaired) electrons. The summed E-state index contributed by atoms with van der Waals surface area (Å²) in [6.45, 7) is 14.0. The van der Waals surface area contributed by atoms with E-state index in [-0.39, 0.29) is 0 Å². The Bertz CT molecular complexity index is 355. The second kappa shape index (κ2) is 6.95. The zero-order valence-corrected chi connectivity index (χ0v) is 12.7. The van der Waals surface area contributed by atoms with E-state index < -0.39 is 0 Å². The van der Waals surface area contributed by atoms with Crippen LogP contribution in [0.25, 0.3) is 0 Å². The van der Waals surface area contributed by atoms with Gasteiger partial charge < -0.3 is 9.73 Å². The average molecular weight is 252 g/mol. The van der Waals surface area contributed by atoms with Crippen molar-refractivity contribution in [3.05, 3.63) is 23.2 Å². The van der Waals surface area contributed by atoms with Crippen LogP contribution in [-0.4, -0.2) is 24.5 Å². The predicted octanol–water partition coefficient (Wildman–Crippen LogP) is 3.17. The standard InChI is InChI=1S/C15H28N2O/c1-11(2)9-17(12(3)4)10-14-7-15(8-16-6)18-13(14)5/h7,11-12,16H,8-10H2,1-6H3. The first-order valence-corrected chi connectivity index (χ1v) is 6.90. The van der Waals surface area contributed by atoms with Crippen LogP contribution in [0.3, 0.4) is 0 Å². The smallest absolute Gasteiger partial charge is 0.118 e. The van der Waals surface area contributed by atoms with Gasteiger partial charge in [0.25, 0.3) is 0 Å². The van der Waals surface area contributed by atoms with Crippen molar-refractivity contribution < 1.29 is 4.42 Å². The van der Waals surface area contributed by atoms with Gasteiger partial charge in [0, 0.05) is 24.7 Å². The Morgan fingerprint density at radius 1 is 1.28 bits per heavy atom. The average Bonchev–Trinajstić information content (AvgIpc) is 2.58. The zero-order valence-electron chi connectivity index (χ0n) is 12.7. The van der Waals surface area contributed by atoms with Gasteiger partial charge in [0.2, 0.25) is 0 Å². The summed E-state index contributed by atoms with van der Waals surface area (Å²) in [6, 6.07) is 2.75. The number of rotatable bonds is 7. The Balaban J connectivity index is 2.73. The Kier molecular flexibility index (Phi) is 5.89. The second-order valence-corrected chi connectivity index (χ2v) is 5.74. The lowest BCUT2D eigenvalue weighted by Gasteiger charge is -2.27. The van der Waals surface area contributed by atoms with Crippen LogP contribution in [0.5, 0.6) is 0 Å². The van der Waals surface area contributed by atoms with Crippen LogP contribution in [0.1, 0.15) is 44.8 Å². The molecule has 3 heteroatoms. The molecule has 0 aliphatic carbocycles. The normalized spacial score (nSPS) is 12.1. The molecule has 1 heterocycles. The van der Waals surface area contributed by atoms with E-state index >= 15 is 0 Å². The minimum atomic E-state index is 0.564. The SMILES string of the molecule is CNCc1cc(CN(CC(C)C)C(C)C)c(C)o1. The van der Waals surface area contributed by atoms with Gasteiger partial charge in [0.1, 0.15) is 11.5 Å². The van der Waals surface area contributed by atoms with E-state index in [1.807, 2.05) is 7.05 Å². The third kappa shape index (κ3) is 4.46. The molecule has 0 fully saturated rings. The highest BCUT2D eigenvalue weighted by Gasteiger charge is 2.15. The van der Waals surface area contributed by atoms with Crippen LogP contribution in [0.4, 0.5) is 0 Å². The van der Waals surface area contributed by atoms with Crippen LogP contribution >= 0.6 is 0 Å². The first kappa shape index (κ1) is 15.3. The maximum Gasteiger partial charge on any atom is 0.118 e. The number of aryl methyl sites for hydroxylation is 1. The molecule has 0 aliphatic heterocycles. The highest BCUT2D eigenvalue weighted by atomic mass is 16.3. The van der Waals surface area contributed by atoms with Gasteiger partial charge in [-0.15, -0.1) is 0 Å². The summed E-state index contributed by atoms with van der Waals surface area (Å²) in [5, 5.41) is 3.13. The lowest BCUT2D eigenvalue weighted by Crippen LogP contribution is -2.33. The highest BCUT2D eigenvalue weighted by Crippen LogP contribution is 2.18. The quantitative estimate of drug-likeness (QED) is 0.808. The van der Waals surface area contributed by atoms with Gasteiger partial charge in [0.15, 0.2) is 0 Å². The molecule has 1 aromatic rings. The third-order valence-corrected chi connectivity index (χ3v) is 3.13. The van der Waals surface area contributed by atoms with Crippen LogP contribution in [0.15, 0.2) is 10.5 Å². The Morgan fingerprint density at radius 3 is 2.44 bits per heavy atom. The van der Waals surface area contributed by atoms with Gasteiger partial charge in [-0.3, -0.25) is 4.90 Å². The van der Waals surface area contributed by atoms with Crippen molar-refractivity contribution in [3.8, 4) is 0 Å². The molecule has 3 nitrogen and oxygen atoms in total. The predicted molar refractivity (Wildman–Crippen MR) is 76.6 cm³/mol. The number of furan rings is 1. The Hall–Kier alpha value is -0.800. The molecule has 0 amide bonds. The molecule has 104 valence electrons. The van der Waals surface area contributed by atoms with E-state index in [1.54, 1.807) is 0 Å². The molecule has 0 saturated heterocycles. The van der Waals surface area contributed by atoms with Crippen LogP contribution in [0, 0.1) is 12.8 Å². The lowest BCUT2D eigenvalue weighted by atomic mass is 10.1. The third-order valence-electron chi connectivity index (χ3n) is 3.13. The van der Waals surface area contributed by atoms with E-state index in [2.05, 4.69) is 50.9 Å². The maximum atomic E-state index is 5.75. The summed E-state index contributed by atoms with van der Waals surface area (Å²) < 4.78 is 5.75. The lowest BCUT2D eigenvalue weighted by molar-refractivity contribution is 0.188. The molecular weight excluding hydrogens is 224 g/mol. The Labute approximate surface area is 112 Å². The fourth-order valence-corrected chi connectivity index (χ4v) is 2.15. The molecule has 1 aromatic heterocycles. The largest absolute Gasteiger partial charge is 0.465 e. The molecule has 18 heavy (non-hydrogen) atoms. The van der Waals surface area contributed by atoms with E-state index in [4.69, 9.17) is 4.42 Å². The van der Waals surface area contributed by atoms with Crippen LogP contribution in [0.2, 0.25) is 0 Å². The molecule has 0 saturated carbocycles. The molecule has 1 rings (SSSR count). The summed E-state index contributed by atoms with van der Waals surface area (Å²) in [5.41, 5.74) is 1.31. The van der Waals surface area contributed by atoms with Gasteiger partial charge in [-0.2, -0.15) is 0 Å². The maximum absolute atomic E-state index is 5.75. The van der Waals surface area contributed by atoms with E-state index in [9.17, 15) is 0 Å². The molecule has 0 bridgehead atoms. The first-order valence-electron chi connectivity index (χ1n) is 6.90. The van der Waals surface area contributed by atoms with Crippen molar-refractivity contribution in [2.45, 2.75) is 53.8 Å². The van der Waals surface area contributed by atoms with Gasteiger partial charge >= 0.3 is 0 Å². The number of nitrogens with one attached hydrogen (secondary N) is 1. The molecule has 0 spiro atoms. The molecule has 0 atom stereocenters. The number of hydrogen-bond donors (Lipinski definition) is 1. The molecule has 0 unspecified atom stereocenters. The van der Waals surface area contributed by atoms with E-state index in [0.717, 1.165) is 31.2 Å². The fraction of sp³-hybridized carbons (Fsp3) is 0.733. The van der Waals surface area contributed by atoms with Crippen molar-refractivity contribution >= 4 is 0 Å². The minimum Gasteiger partial charge on any atom is -0.465 e. The summed E-state index contributed by atoms with van der Waals surface area (Å²) in [6.07, 6.45) is 0. The fourth-order valence-electron chi connectivity index (χ4n) is 2.15. The van der Waals surface area contributed by atoms with Crippen LogP contribution < -0.4 is 5.32 Å². The van der Waals surface area contributed by atoms with Crippen molar-refractivity contribution in [2.24, 2.45) is 5.92 Å². The summed E-state index contributed by atoms with van der Waals surface area (Å²) in [7, 11) is 1.94. The van der Waals surface area contributed by atoms with Crippen molar-refractivity contribution in [1.29, 1.82) is 0 Å². The second-order valence-electron chi connectivity index (χ2n) is 5.74. The van der Waals surface area contributed by atoms with Gasteiger partial charge in [-0.25, -0.2) is 0 Å². The van der Waals surface area contributed by atoms with Crippen molar-refractivity contribution in [2.75, 3.05) is 13.6 Å². The molecule has 0 aromatic carbocycles. The summed E-state index contributed by atoms with van der Waals surface area (Å²) in [5.74, 6) is 2.77. The van der Waals surface area contributed by atoms with E-state index in [1.165, 1.54) is 5.56 Å². The summed E-state index contributed by atoms with van der Waals surface area (Å²) in [4.78, 5) is 2.51. The molecule has 0 aliphatic rings. The van der Waals surface area contributed by atoms with Gasteiger partial charge in [-0.1, -0.05) is 13.8 Å². The summed E-state index contributed by atoms with van der Waals surface area (Å²) >= 11 is 0. The monoisotopic (exact) mass is 252 g/mol. The zero-order chi connectivity index (χ0) is 13.7. The Morgan fingerprint density at radius 2 is 1.94 bits per heavy atom. The number of hydrogen-bond acceptors (Lipinski definition) is 3. The van der Waals surface area contributed by atoms with Crippen molar-refractivity contribution in [3.63, 3.8) is 0 Å². The van der Waals surface area contributed by atoms with E-state index in [0.29, 0.717) is 12.0 Å². The van der Waals surface area contributed by atoms with Gasteiger partial charge in [-0.05, 0) is 39.8 Å². The van der Waals surface area contributed by atoms with Crippen molar-refractivity contribution in [1.82, 2.24) is 10.2 Å². The topological polar surface area (TPSA) is 28.4 Å². The first-order chi connectivity index (χ1) is 8.43. The molecule has 1 N–H and O–H groups in total. The highest BCUT2D eigenvalue weighted by molar-refractivity contribution is 5.20. The number of nitrogens with zero attached hydrogens (tertiary/aromatic N) is 1. The van der Waals surface area contributed by atoms with Gasteiger partial charge in [0.05, 0.1) is 6.54 Å². The molecular formula is C15H28N2O. The van der Waals surface area contributed by atoms with Crippen LogP contribution in [-0.2, 0) is 13.1 Å².